The van der Waals surface area contributed by atoms with Gasteiger partial charge in [-0.1, -0.05) is 0 Å². The summed E-state index contributed by atoms with van der Waals surface area (Å²) in [6.07, 6.45) is -13.2. The Morgan fingerprint density at radius 1 is 0.413 bits per heavy atom. The summed E-state index contributed by atoms with van der Waals surface area (Å²) in [5, 5.41) is 4.71. The number of ether oxygens (including phenoxy) is 11. The number of benzene rings is 2. The van der Waals surface area contributed by atoms with Crippen LogP contribution in [0.15, 0.2) is 36.4 Å². The van der Waals surface area contributed by atoms with Gasteiger partial charge in [0.2, 0.25) is 24.4 Å². The molecule has 75 heavy (non-hydrogen) atoms. The summed E-state index contributed by atoms with van der Waals surface area (Å²) in [5.74, 6) is -18.5. The van der Waals surface area contributed by atoms with Crippen LogP contribution >= 0.6 is 0 Å². The lowest BCUT2D eigenvalue weighted by Crippen LogP contribution is -2.67. The number of rotatable bonds is 16. The van der Waals surface area contributed by atoms with Gasteiger partial charge in [0.1, 0.15) is 49.0 Å². The van der Waals surface area contributed by atoms with Crippen LogP contribution in [-0.2, 0) is 95.3 Å². The van der Waals surface area contributed by atoms with Crippen LogP contribution in [0.5, 0.6) is 11.5 Å². The molecule has 2 aliphatic heterocycles. The Morgan fingerprint density at radius 2 is 0.720 bits per heavy atom. The predicted octanol–water partition coefficient (Wildman–Crippen LogP) is -0.132. The third kappa shape index (κ3) is 12.8. The third-order valence-electron chi connectivity index (χ3n) is 11.4. The lowest BCUT2D eigenvalue weighted by Gasteiger charge is -2.44. The maximum absolute atomic E-state index is 14.0. The van der Waals surface area contributed by atoms with Gasteiger partial charge in [-0.15, -0.1) is 0 Å². The van der Waals surface area contributed by atoms with Gasteiger partial charge in [0, 0.05) is 77.6 Å². The molecule has 12 atom stereocenters. The molecule has 2 amide bonds. The molecule has 2 N–H and O–H groups in total. The molecule has 2 heterocycles. The monoisotopic (exact) mass is 1050 g/mol. The van der Waals surface area contributed by atoms with Gasteiger partial charge in [-0.3, -0.25) is 67.1 Å². The standard InChI is InChI=1S/C48H48N2O25/c1-17(51)65-15-31-41(67-19(3)53)43(69-21(5)55)35(47(74-31)71-23(7)57)49-45(63)33-37(59)27-11-9-25(13-29(27)39(33)61)73-26-10-12-28-30(14-26)40(62)34(38(28)60)46(64)50-36-44(70-22(6)56)42(68-20(4)54)32(16-66-18(2)52)75-48(36)72-24(8)58/h9-14,31-36,41-44,47-48H,15-16H2,1-8H3,(H,49,63)(H,50,64)/t31-,32-,33?,34?,35-,36-,41-,42-,43-,44-,47-,48-/m1/s1. The average molecular weight is 1050 g/mol. The molecule has 2 aliphatic carbocycles. The molecule has 2 aromatic carbocycles. The van der Waals surface area contributed by atoms with Crippen LogP contribution in [0.4, 0.5) is 0 Å². The summed E-state index contributed by atoms with van der Waals surface area (Å²) in [4.78, 5) is 180. The first-order valence-corrected chi connectivity index (χ1v) is 22.6. The van der Waals surface area contributed by atoms with E-state index in [-0.39, 0.29) is 33.8 Å². The van der Waals surface area contributed by atoms with Crippen molar-refractivity contribution in [2.45, 2.75) is 117 Å². The number of amides is 2. The van der Waals surface area contributed by atoms with E-state index in [4.69, 9.17) is 52.1 Å². The number of carbonyl (C=O) groups excluding carboxylic acids is 14. The number of hydrogen-bond donors (Lipinski definition) is 2. The van der Waals surface area contributed by atoms with E-state index in [1.54, 1.807) is 0 Å². The van der Waals surface area contributed by atoms with Gasteiger partial charge in [0.25, 0.3) is 0 Å². The summed E-state index contributed by atoms with van der Waals surface area (Å²) in [5.41, 5.74) is -1.10. The molecule has 400 valence electrons. The first kappa shape index (κ1) is 55.8. The number of Topliss-reactive ketones (excluding diaryl/α,β-unsaturated/α-hetero) is 4. The normalized spacial score (nSPS) is 26.5. The Balaban J connectivity index is 1.21. The maximum Gasteiger partial charge on any atom is 0.305 e. The molecule has 2 unspecified atom stereocenters. The Kier molecular flexibility index (Phi) is 17.3. The van der Waals surface area contributed by atoms with Gasteiger partial charge < -0.3 is 62.7 Å². The van der Waals surface area contributed by atoms with Crippen molar-refractivity contribution >= 4 is 82.7 Å². The van der Waals surface area contributed by atoms with Gasteiger partial charge >= 0.3 is 47.8 Å². The highest BCUT2D eigenvalue weighted by Crippen LogP contribution is 2.37. The number of nitrogens with one attached hydrogen (secondary N) is 2. The minimum atomic E-state index is -2.09. The van der Waals surface area contributed by atoms with Crippen molar-refractivity contribution < 1.29 is 119 Å². The third-order valence-corrected chi connectivity index (χ3v) is 11.4. The van der Waals surface area contributed by atoms with Gasteiger partial charge in [-0.25, -0.2) is 0 Å². The number of fused-ring (bicyclic) bond motifs is 2. The van der Waals surface area contributed by atoms with Crippen molar-refractivity contribution in [3.63, 3.8) is 0 Å². The molecule has 0 saturated carbocycles. The quantitative estimate of drug-likeness (QED) is 0.126. The fraction of sp³-hybridized carbons (Fsp3) is 0.458. The second-order valence-corrected chi connectivity index (χ2v) is 17.1. The number of hydrogen-bond acceptors (Lipinski definition) is 25. The molecule has 6 rings (SSSR count). The van der Waals surface area contributed by atoms with Crippen LogP contribution in [0.2, 0.25) is 0 Å². The Bertz CT molecular complexity index is 2580. The zero-order valence-corrected chi connectivity index (χ0v) is 41.0. The van der Waals surface area contributed by atoms with Gasteiger partial charge in [-0.05, 0) is 36.4 Å². The summed E-state index contributed by atoms with van der Waals surface area (Å²) in [6.45, 7) is 6.78. The molecule has 2 aromatic rings. The van der Waals surface area contributed by atoms with E-state index in [2.05, 4.69) is 10.6 Å². The van der Waals surface area contributed by atoms with Crippen LogP contribution in [-0.4, -0.2) is 157 Å². The smallest absolute Gasteiger partial charge is 0.305 e. The van der Waals surface area contributed by atoms with Crippen LogP contribution < -0.4 is 15.4 Å². The SMILES string of the molecule is CC(=O)OC[C@H]1O[C@@H](OC(C)=O)[C@H](NC(=O)C2C(=O)c3ccc(Oc4ccc5c(c4)C(=O)C(C(=O)N[C@H]4[C@H](OC(C)=O)O[C@H](COC(C)=O)[C@@H](OC(C)=O)[C@@H]4OC(C)=O)C5=O)cc3C2=O)[C@@H](OC(C)=O)[C@@H]1OC(C)=O. The number of esters is 8. The van der Waals surface area contributed by atoms with Crippen LogP contribution in [0.25, 0.3) is 0 Å². The van der Waals surface area contributed by atoms with Crippen LogP contribution in [0.1, 0.15) is 96.8 Å². The fourth-order valence-electron chi connectivity index (χ4n) is 8.62. The number of ketones is 4. The molecule has 0 spiro atoms. The fourth-order valence-corrected chi connectivity index (χ4v) is 8.62. The van der Waals surface area contributed by atoms with E-state index >= 15 is 0 Å². The van der Waals surface area contributed by atoms with Crippen molar-refractivity contribution in [2.75, 3.05) is 13.2 Å². The van der Waals surface area contributed by atoms with Gasteiger partial charge in [0.05, 0.1) is 0 Å². The van der Waals surface area contributed by atoms with Gasteiger partial charge in [0.15, 0.2) is 59.4 Å². The largest absolute Gasteiger partial charge is 0.463 e. The second-order valence-electron chi connectivity index (χ2n) is 17.1. The summed E-state index contributed by atoms with van der Waals surface area (Å²) >= 11 is 0. The summed E-state index contributed by atoms with van der Waals surface area (Å²) in [7, 11) is 0. The highest BCUT2D eigenvalue weighted by molar-refractivity contribution is 6.36. The minimum Gasteiger partial charge on any atom is -0.463 e. The first-order chi connectivity index (χ1) is 35.2. The lowest BCUT2D eigenvalue weighted by atomic mass is 9.94. The van der Waals surface area contributed by atoms with Gasteiger partial charge in [-0.2, -0.15) is 0 Å². The van der Waals surface area contributed by atoms with Crippen molar-refractivity contribution in [1.29, 1.82) is 0 Å². The molecular formula is C48H48N2O25. The highest BCUT2D eigenvalue weighted by Gasteiger charge is 2.56. The zero-order chi connectivity index (χ0) is 55.3. The maximum atomic E-state index is 14.0. The van der Waals surface area contributed by atoms with E-state index < -0.39 is 169 Å². The predicted molar refractivity (Wildman–Crippen MR) is 237 cm³/mol. The van der Waals surface area contributed by atoms with Crippen LogP contribution in [0, 0.1) is 11.8 Å². The topological polar surface area (TPSA) is 365 Å². The first-order valence-electron chi connectivity index (χ1n) is 22.6. The molecule has 2 fully saturated rings. The number of carbonyl (C=O) groups is 14. The van der Waals surface area contributed by atoms with E-state index in [9.17, 15) is 67.1 Å². The molecule has 0 radical (unpaired) electrons. The van der Waals surface area contributed by atoms with E-state index in [0.29, 0.717) is 0 Å². The van der Waals surface area contributed by atoms with E-state index in [1.807, 2.05) is 0 Å². The Morgan fingerprint density at radius 3 is 1.03 bits per heavy atom. The molecule has 0 aromatic heterocycles. The van der Waals surface area contributed by atoms with Crippen molar-refractivity contribution in [3.05, 3.63) is 58.7 Å². The highest BCUT2D eigenvalue weighted by atomic mass is 16.7. The molecule has 2 saturated heterocycles. The lowest BCUT2D eigenvalue weighted by molar-refractivity contribution is -0.271. The summed E-state index contributed by atoms with van der Waals surface area (Å²) in [6, 6.07) is 3.53. The zero-order valence-electron chi connectivity index (χ0n) is 41.0. The second kappa shape index (κ2) is 23.2. The average Bonchev–Trinajstić information content (AvgIpc) is 3.70. The van der Waals surface area contributed by atoms with Crippen LogP contribution in [0.3, 0.4) is 0 Å². The molecule has 0 bridgehead atoms. The molecule has 27 nitrogen and oxygen atoms in total. The van der Waals surface area contributed by atoms with Crippen molar-refractivity contribution in [2.24, 2.45) is 11.8 Å². The molecular weight excluding hydrogens is 1000 g/mol. The van der Waals surface area contributed by atoms with E-state index in [0.717, 1.165) is 79.7 Å². The molecule has 27 heteroatoms. The molecule has 4 aliphatic rings. The minimum absolute atomic E-state index is 0.129. The van der Waals surface area contributed by atoms with Crippen molar-refractivity contribution in [3.8, 4) is 11.5 Å². The summed E-state index contributed by atoms with van der Waals surface area (Å²) < 4.78 is 59.5. The van der Waals surface area contributed by atoms with E-state index in [1.165, 1.54) is 12.1 Å². The Hall–Kier alpha value is -8.46. The van der Waals surface area contributed by atoms with Crippen molar-refractivity contribution in [1.82, 2.24) is 10.6 Å². The Labute approximate surface area is 423 Å².